The molecule has 0 aliphatic carbocycles. The van der Waals surface area contributed by atoms with E-state index >= 15 is 0 Å². The molecule has 0 bridgehead atoms. The first-order valence-electron chi connectivity index (χ1n) is 9.39. The van der Waals surface area contributed by atoms with Crippen LogP contribution >= 0.6 is 11.8 Å². The number of carbonyl (C=O) groups is 1. The molecule has 0 spiro atoms. The van der Waals surface area contributed by atoms with Gasteiger partial charge in [-0.1, -0.05) is 36.3 Å². The maximum atomic E-state index is 12.9. The fraction of sp³-hybridized carbons (Fsp3) is 0.286. The molecule has 30 heavy (non-hydrogen) atoms. The van der Waals surface area contributed by atoms with E-state index < -0.39 is 11.7 Å². The molecule has 5 nitrogen and oxygen atoms in total. The number of nitrogens with zero attached hydrogens (tertiary/aromatic N) is 3. The first-order valence-corrected chi connectivity index (χ1v) is 10.4. The molecule has 0 radical (unpaired) electrons. The molecule has 1 fully saturated rings. The molecule has 0 saturated carbocycles. The molecule has 2 heterocycles. The van der Waals surface area contributed by atoms with Crippen molar-refractivity contribution in [1.29, 1.82) is 0 Å². The topological polar surface area (TPSA) is 59.2 Å². The van der Waals surface area contributed by atoms with E-state index in [9.17, 15) is 18.0 Å². The van der Waals surface area contributed by atoms with Gasteiger partial charge in [0.15, 0.2) is 0 Å². The zero-order chi connectivity index (χ0) is 21.3. The fourth-order valence-electron chi connectivity index (χ4n) is 3.25. The summed E-state index contributed by atoms with van der Waals surface area (Å²) >= 11 is 1.61. The van der Waals surface area contributed by atoms with Crippen LogP contribution in [0.15, 0.2) is 57.9 Å². The third-order valence-corrected chi connectivity index (χ3v) is 5.78. The Balaban J connectivity index is 1.44. The summed E-state index contributed by atoms with van der Waals surface area (Å²) in [4.78, 5) is 19.7. The number of amides is 1. The number of benzene rings is 2. The molecule has 1 saturated heterocycles. The Morgan fingerprint density at radius 3 is 2.70 bits per heavy atom. The van der Waals surface area contributed by atoms with Crippen molar-refractivity contribution < 1.29 is 22.5 Å². The van der Waals surface area contributed by atoms with Crippen molar-refractivity contribution in [3.8, 4) is 11.4 Å². The monoisotopic (exact) mass is 433 g/mol. The fourth-order valence-corrected chi connectivity index (χ4v) is 4.05. The van der Waals surface area contributed by atoms with Crippen molar-refractivity contribution >= 4 is 17.7 Å². The van der Waals surface area contributed by atoms with Crippen LogP contribution in [-0.4, -0.2) is 39.8 Å². The van der Waals surface area contributed by atoms with Gasteiger partial charge < -0.3 is 9.42 Å². The molecule has 1 amide bonds. The average Bonchev–Trinajstić information content (AvgIpc) is 3.16. The largest absolute Gasteiger partial charge is 0.416 e. The normalized spacial score (nSPS) is 14.6. The van der Waals surface area contributed by atoms with Crippen molar-refractivity contribution in [3.63, 3.8) is 0 Å². The summed E-state index contributed by atoms with van der Waals surface area (Å²) in [6, 6.07) is 12.3. The minimum absolute atomic E-state index is 0.0552. The van der Waals surface area contributed by atoms with Gasteiger partial charge in [-0.15, -0.1) is 11.8 Å². The molecular formula is C21H18F3N3O2S. The predicted molar refractivity (Wildman–Crippen MR) is 106 cm³/mol. The van der Waals surface area contributed by atoms with Gasteiger partial charge in [0.2, 0.25) is 11.7 Å². The van der Waals surface area contributed by atoms with Crippen LogP contribution in [0.3, 0.4) is 0 Å². The van der Waals surface area contributed by atoms with E-state index in [0.717, 1.165) is 22.8 Å². The molecule has 4 rings (SSSR count). The van der Waals surface area contributed by atoms with Crippen LogP contribution in [0.5, 0.6) is 0 Å². The van der Waals surface area contributed by atoms with Gasteiger partial charge in [-0.25, -0.2) is 0 Å². The Morgan fingerprint density at radius 1 is 1.20 bits per heavy atom. The van der Waals surface area contributed by atoms with E-state index in [4.69, 9.17) is 4.52 Å². The highest BCUT2D eigenvalue weighted by molar-refractivity contribution is 7.99. The summed E-state index contributed by atoms with van der Waals surface area (Å²) in [6.07, 6.45) is -4.44. The van der Waals surface area contributed by atoms with E-state index in [-0.39, 0.29) is 23.2 Å². The Labute approximate surface area is 175 Å². The van der Waals surface area contributed by atoms with E-state index in [0.29, 0.717) is 24.5 Å². The SMILES string of the molecule is CCSc1ccccc1C(=O)N1CC(c2nc(-c3cccc(C(F)(F)F)c3)no2)C1. The summed E-state index contributed by atoms with van der Waals surface area (Å²) < 4.78 is 44.0. The Morgan fingerprint density at radius 2 is 1.97 bits per heavy atom. The van der Waals surface area contributed by atoms with Crippen LogP contribution in [0.2, 0.25) is 0 Å². The summed E-state index contributed by atoms with van der Waals surface area (Å²) in [5, 5.41) is 3.82. The lowest BCUT2D eigenvalue weighted by Crippen LogP contribution is -2.48. The minimum Gasteiger partial charge on any atom is -0.339 e. The van der Waals surface area contributed by atoms with Gasteiger partial charge in [-0.05, 0) is 30.0 Å². The van der Waals surface area contributed by atoms with Gasteiger partial charge in [0.25, 0.3) is 5.91 Å². The summed E-state index contributed by atoms with van der Waals surface area (Å²) in [5.41, 5.74) is 0.131. The lowest BCUT2D eigenvalue weighted by atomic mass is 9.98. The highest BCUT2D eigenvalue weighted by atomic mass is 32.2. The second-order valence-electron chi connectivity index (χ2n) is 6.87. The van der Waals surface area contributed by atoms with Crippen molar-refractivity contribution in [3.05, 3.63) is 65.5 Å². The highest BCUT2D eigenvalue weighted by Crippen LogP contribution is 2.33. The zero-order valence-electron chi connectivity index (χ0n) is 16.0. The van der Waals surface area contributed by atoms with E-state index in [2.05, 4.69) is 10.1 Å². The second-order valence-corrected chi connectivity index (χ2v) is 8.18. The van der Waals surface area contributed by atoms with Crippen LogP contribution in [0.25, 0.3) is 11.4 Å². The number of rotatable bonds is 5. The van der Waals surface area contributed by atoms with Crippen molar-refractivity contribution in [2.24, 2.45) is 0 Å². The molecule has 2 aromatic carbocycles. The van der Waals surface area contributed by atoms with Crippen LogP contribution in [-0.2, 0) is 6.18 Å². The van der Waals surface area contributed by atoms with Gasteiger partial charge in [-0.2, -0.15) is 18.2 Å². The van der Waals surface area contributed by atoms with E-state index in [1.54, 1.807) is 16.7 Å². The second kappa shape index (κ2) is 8.14. The van der Waals surface area contributed by atoms with E-state index in [1.807, 2.05) is 31.2 Å². The standard InChI is InChI=1S/C21H18F3N3O2S/c1-2-30-17-9-4-3-8-16(17)20(28)27-11-14(12-27)19-25-18(26-29-19)13-6-5-7-15(10-13)21(22,23)24/h3-10,14H,2,11-12H2,1H3. The number of halogens is 3. The molecule has 9 heteroatoms. The van der Waals surface area contributed by atoms with Crippen molar-refractivity contribution in [2.45, 2.75) is 23.9 Å². The smallest absolute Gasteiger partial charge is 0.339 e. The average molecular weight is 433 g/mol. The molecule has 1 aromatic heterocycles. The molecule has 0 atom stereocenters. The summed E-state index contributed by atoms with van der Waals surface area (Å²) in [6.45, 7) is 2.88. The van der Waals surface area contributed by atoms with Crippen LogP contribution in [0, 0.1) is 0 Å². The Kier molecular flexibility index (Phi) is 5.55. The summed E-state index contributed by atoms with van der Waals surface area (Å²) in [5.74, 6) is 1.10. The third kappa shape index (κ3) is 4.07. The quantitative estimate of drug-likeness (QED) is 0.524. The van der Waals surface area contributed by atoms with Crippen LogP contribution < -0.4 is 0 Å². The van der Waals surface area contributed by atoms with Crippen LogP contribution in [0.4, 0.5) is 13.2 Å². The van der Waals surface area contributed by atoms with Gasteiger partial charge in [0.1, 0.15) is 0 Å². The molecule has 1 aliphatic heterocycles. The number of aromatic nitrogens is 2. The molecular weight excluding hydrogens is 415 g/mol. The summed E-state index contributed by atoms with van der Waals surface area (Å²) in [7, 11) is 0. The van der Waals surface area contributed by atoms with Gasteiger partial charge >= 0.3 is 6.18 Å². The van der Waals surface area contributed by atoms with Crippen molar-refractivity contribution in [2.75, 3.05) is 18.8 Å². The van der Waals surface area contributed by atoms with Gasteiger partial charge in [-0.3, -0.25) is 4.79 Å². The zero-order valence-corrected chi connectivity index (χ0v) is 16.8. The van der Waals surface area contributed by atoms with E-state index in [1.165, 1.54) is 12.1 Å². The lowest BCUT2D eigenvalue weighted by Gasteiger charge is -2.37. The van der Waals surface area contributed by atoms with Crippen molar-refractivity contribution in [1.82, 2.24) is 15.0 Å². The van der Waals surface area contributed by atoms with Gasteiger partial charge in [0.05, 0.1) is 17.0 Å². The Bertz CT molecular complexity index is 1060. The number of hydrogen-bond donors (Lipinski definition) is 0. The lowest BCUT2D eigenvalue weighted by molar-refractivity contribution is -0.137. The predicted octanol–water partition coefficient (Wildman–Crippen LogP) is 5.11. The third-order valence-electron chi connectivity index (χ3n) is 4.83. The molecule has 1 aliphatic rings. The number of thioether (sulfide) groups is 1. The minimum atomic E-state index is -4.44. The maximum Gasteiger partial charge on any atom is 0.416 e. The first kappa shape index (κ1) is 20.5. The first-order chi connectivity index (χ1) is 14.4. The Hall–Kier alpha value is -2.81. The number of likely N-dealkylation sites (tertiary alicyclic amines) is 1. The molecule has 156 valence electrons. The molecule has 3 aromatic rings. The number of carbonyl (C=O) groups excluding carboxylic acids is 1. The van der Waals surface area contributed by atoms with Gasteiger partial charge in [0, 0.05) is 23.5 Å². The van der Waals surface area contributed by atoms with Crippen LogP contribution in [0.1, 0.15) is 34.7 Å². The number of alkyl halides is 3. The highest BCUT2D eigenvalue weighted by Gasteiger charge is 2.37. The number of hydrogen-bond acceptors (Lipinski definition) is 5. The maximum absolute atomic E-state index is 12.9. The molecule has 0 unspecified atom stereocenters. The molecule has 0 N–H and O–H groups in total.